The molecule has 1 aromatic carbocycles. The van der Waals surface area contributed by atoms with Gasteiger partial charge in [0.05, 0.1) is 6.61 Å². The van der Waals surface area contributed by atoms with Gasteiger partial charge in [-0.25, -0.2) is 0 Å². The lowest BCUT2D eigenvalue weighted by atomic mass is 10.1. The van der Waals surface area contributed by atoms with Crippen LogP contribution < -0.4 is 5.32 Å². The molecule has 1 rings (SSSR count). The van der Waals surface area contributed by atoms with Crippen LogP contribution in [0.4, 0.5) is 5.69 Å². The Morgan fingerprint density at radius 1 is 1.31 bits per heavy atom. The van der Waals surface area contributed by atoms with E-state index in [0.29, 0.717) is 17.7 Å². The molecule has 3 heteroatoms. The Hall–Kier alpha value is -1.09. The zero-order chi connectivity index (χ0) is 12.0. The maximum absolute atomic E-state index is 5.41. The first-order valence-electron chi connectivity index (χ1n) is 5.58. The van der Waals surface area contributed by atoms with Crippen LogP contribution in [0.15, 0.2) is 24.3 Å². The van der Waals surface area contributed by atoms with E-state index in [0.717, 1.165) is 12.1 Å². The topological polar surface area (TPSA) is 21.3 Å². The fraction of sp³-hybridized carbons (Fsp3) is 0.462. The van der Waals surface area contributed by atoms with E-state index in [-0.39, 0.29) is 0 Å². The molecule has 0 fully saturated rings. The molecular formula is C13H19NOS. The molecule has 0 radical (unpaired) electrons. The second-order valence-corrected chi connectivity index (χ2v) is 4.68. The van der Waals surface area contributed by atoms with Crippen LogP contribution in [0, 0.1) is 12.8 Å². The van der Waals surface area contributed by atoms with Crippen LogP contribution in [0.3, 0.4) is 0 Å². The number of ether oxygens (including phenoxy) is 1. The molecule has 0 heterocycles. The van der Waals surface area contributed by atoms with Gasteiger partial charge in [-0.15, -0.1) is 0 Å². The lowest BCUT2D eigenvalue weighted by Gasteiger charge is -2.10. The Kier molecular flexibility index (Phi) is 5.26. The highest BCUT2D eigenvalue weighted by Gasteiger charge is 1.99. The average molecular weight is 237 g/mol. The predicted molar refractivity (Wildman–Crippen MR) is 72.8 cm³/mol. The van der Waals surface area contributed by atoms with Gasteiger partial charge in [-0.3, -0.25) is 0 Å². The third kappa shape index (κ3) is 5.12. The standard InChI is InChI=1S/C13H19NOS/c1-10(2)8-9-15-13(16)14-12-6-4-11(3)5-7-12/h4-7,10H,8-9H2,1-3H3,(H,14,16). The van der Waals surface area contributed by atoms with Gasteiger partial charge >= 0.3 is 0 Å². The number of anilines is 1. The minimum absolute atomic E-state index is 0.449. The molecule has 0 aromatic heterocycles. The first-order valence-corrected chi connectivity index (χ1v) is 5.99. The van der Waals surface area contributed by atoms with Crippen LogP contribution in [-0.4, -0.2) is 11.8 Å². The molecule has 0 amide bonds. The van der Waals surface area contributed by atoms with Gasteiger partial charge in [0.15, 0.2) is 0 Å². The summed E-state index contributed by atoms with van der Waals surface area (Å²) in [5.41, 5.74) is 2.21. The molecule has 0 aliphatic carbocycles. The zero-order valence-electron chi connectivity index (χ0n) is 10.1. The molecule has 1 aromatic rings. The quantitative estimate of drug-likeness (QED) is 0.806. The fourth-order valence-electron chi connectivity index (χ4n) is 1.18. The second kappa shape index (κ2) is 6.48. The monoisotopic (exact) mass is 237 g/mol. The van der Waals surface area contributed by atoms with Gasteiger partial charge in [-0.05, 0) is 43.6 Å². The molecule has 0 spiro atoms. The molecule has 0 bridgehead atoms. The molecule has 0 atom stereocenters. The van der Waals surface area contributed by atoms with Crippen LogP contribution in [0.1, 0.15) is 25.8 Å². The van der Waals surface area contributed by atoms with Crippen molar-refractivity contribution in [2.24, 2.45) is 5.92 Å². The van der Waals surface area contributed by atoms with Crippen molar-refractivity contribution in [1.29, 1.82) is 0 Å². The number of hydrogen-bond donors (Lipinski definition) is 1. The molecule has 1 N–H and O–H groups in total. The van der Waals surface area contributed by atoms with Crippen LogP contribution in [0.5, 0.6) is 0 Å². The summed E-state index contributed by atoms with van der Waals surface area (Å²) in [7, 11) is 0. The molecule has 0 aliphatic heterocycles. The number of nitrogens with one attached hydrogen (secondary N) is 1. The SMILES string of the molecule is Cc1ccc(NC(=S)OCCC(C)C)cc1. The van der Waals surface area contributed by atoms with Crippen LogP contribution in [-0.2, 0) is 4.74 Å². The van der Waals surface area contributed by atoms with Gasteiger partial charge in [0.25, 0.3) is 5.17 Å². The molecule has 2 nitrogen and oxygen atoms in total. The average Bonchev–Trinajstić information content (AvgIpc) is 2.21. The van der Waals surface area contributed by atoms with E-state index >= 15 is 0 Å². The molecular weight excluding hydrogens is 218 g/mol. The maximum Gasteiger partial charge on any atom is 0.261 e. The largest absolute Gasteiger partial charge is 0.471 e. The summed E-state index contributed by atoms with van der Waals surface area (Å²) in [6.45, 7) is 7.07. The van der Waals surface area contributed by atoms with E-state index < -0.39 is 0 Å². The van der Waals surface area contributed by atoms with Gasteiger partial charge in [-0.2, -0.15) is 0 Å². The summed E-state index contributed by atoms with van der Waals surface area (Å²) in [5.74, 6) is 0.641. The summed E-state index contributed by atoms with van der Waals surface area (Å²) in [6, 6.07) is 8.07. The highest BCUT2D eigenvalue weighted by molar-refractivity contribution is 7.80. The van der Waals surface area contributed by atoms with Gasteiger partial charge in [-0.1, -0.05) is 31.5 Å². The lowest BCUT2D eigenvalue weighted by molar-refractivity contribution is 0.284. The summed E-state index contributed by atoms with van der Waals surface area (Å²) < 4.78 is 5.41. The van der Waals surface area contributed by atoms with Crippen molar-refractivity contribution >= 4 is 23.1 Å². The summed E-state index contributed by atoms with van der Waals surface area (Å²) in [4.78, 5) is 0. The Balaban J connectivity index is 2.31. The normalized spacial score (nSPS) is 10.2. The maximum atomic E-state index is 5.41. The van der Waals surface area contributed by atoms with E-state index in [1.54, 1.807) is 0 Å². The van der Waals surface area contributed by atoms with Crippen molar-refractivity contribution in [3.05, 3.63) is 29.8 Å². The third-order valence-corrected chi connectivity index (χ3v) is 2.45. The van der Waals surface area contributed by atoms with Gasteiger partial charge < -0.3 is 10.1 Å². The lowest BCUT2D eigenvalue weighted by Crippen LogP contribution is -2.14. The number of rotatable bonds is 4. The molecule has 88 valence electrons. The predicted octanol–water partition coefficient (Wildman–Crippen LogP) is 3.75. The van der Waals surface area contributed by atoms with E-state index in [2.05, 4.69) is 26.1 Å². The number of benzene rings is 1. The summed E-state index contributed by atoms with van der Waals surface area (Å²) >= 11 is 5.09. The van der Waals surface area contributed by atoms with E-state index in [9.17, 15) is 0 Å². The van der Waals surface area contributed by atoms with Gasteiger partial charge in [0.1, 0.15) is 0 Å². The van der Waals surface area contributed by atoms with Gasteiger partial charge in [0, 0.05) is 5.69 Å². The van der Waals surface area contributed by atoms with Crippen molar-refractivity contribution in [3.63, 3.8) is 0 Å². The van der Waals surface area contributed by atoms with E-state index in [1.165, 1.54) is 5.56 Å². The summed E-state index contributed by atoms with van der Waals surface area (Å²) in [6.07, 6.45) is 1.02. The molecule has 0 saturated carbocycles. The summed E-state index contributed by atoms with van der Waals surface area (Å²) in [5, 5.41) is 3.50. The van der Waals surface area contributed by atoms with Crippen molar-refractivity contribution in [3.8, 4) is 0 Å². The van der Waals surface area contributed by atoms with Crippen LogP contribution >= 0.6 is 12.2 Å². The zero-order valence-corrected chi connectivity index (χ0v) is 10.9. The number of thiocarbonyl (C=S) groups is 1. The van der Waals surface area contributed by atoms with E-state index in [4.69, 9.17) is 17.0 Å². The van der Waals surface area contributed by atoms with Crippen LogP contribution in [0.2, 0.25) is 0 Å². The second-order valence-electron chi connectivity index (χ2n) is 4.31. The van der Waals surface area contributed by atoms with Crippen molar-refractivity contribution in [2.75, 3.05) is 11.9 Å². The van der Waals surface area contributed by atoms with Crippen molar-refractivity contribution in [2.45, 2.75) is 27.2 Å². The third-order valence-electron chi connectivity index (χ3n) is 2.23. The smallest absolute Gasteiger partial charge is 0.261 e. The van der Waals surface area contributed by atoms with Crippen molar-refractivity contribution in [1.82, 2.24) is 0 Å². The molecule has 0 unspecified atom stereocenters. The number of hydrogen-bond acceptors (Lipinski definition) is 2. The highest BCUT2D eigenvalue weighted by Crippen LogP contribution is 2.09. The fourth-order valence-corrected chi connectivity index (χ4v) is 1.38. The minimum atomic E-state index is 0.449. The Labute approximate surface area is 103 Å². The molecule has 0 aliphatic rings. The van der Waals surface area contributed by atoms with Gasteiger partial charge in [0.2, 0.25) is 0 Å². The van der Waals surface area contributed by atoms with Crippen molar-refractivity contribution < 1.29 is 4.74 Å². The Morgan fingerprint density at radius 3 is 2.50 bits per heavy atom. The number of aryl methyl sites for hydroxylation is 1. The molecule has 16 heavy (non-hydrogen) atoms. The highest BCUT2D eigenvalue weighted by atomic mass is 32.1. The first-order chi connectivity index (χ1) is 7.58. The minimum Gasteiger partial charge on any atom is -0.471 e. The first kappa shape index (κ1) is 13.0. The van der Waals surface area contributed by atoms with E-state index in [1.807, 2.05) is 24.3 Å². The van der Waals surface area contributed by atoms with Crippen LogP contribution in [0.25, 0.3) is 0 Å². The molecule has 0 saturated heterocycles. The Morgan fingerprint density at radius 2 is 1.94 bits per heavy atom. The Bertz CT molecular complexity index is 332.